The smallest absolute Gasteiger partial charge is 0.304 e. The van der Waals surface area contributed by atoms with Crippen LogP contribution in [0.2, 0.25) is 0 Å². The lowest BCUT2D eigenvalue weighted by Crippen LogP contribution is -2.29. The zero-order chi connectivity index (χ0) is 14.5. The third-order valence-electron chi connectivity index (χ3n) is 2.61. The minimum absolute atomic E-state index is 0.200. The van der Waals surface area contributed by atoms with Gasteiger partial charge in [0.2, 0.25) is 10.0 Å². The molecule has 0 aromatic heterocycles. The van der Waals surface area contributed by atoms with Crippen molar-refractivity contribution in [3.05, 3.63) is 29.8 Å². The third-order valence-corrected chi connectivity index (χ3v) is 4.41. The van der Waals surface area contributed by atoms with E-state index in [1.165, 1.54) is 7.05 Å². The first-order chi connectivity index (χ1) is 8.85. The van der Waals surface area contributed by atoms with E-state index in [0.717, 1.165) is 9.87 Å². The molecule has 0 spiro atoms. The zero-order valence-electron chi connectivity index (χ0n) is 10.9. The predicted molar refractivity (Wildman–Crippen MR) is 70.5 cm³/mol. The highest BCUT2D eigenvalue weighted by Gasteiger charge is 2.19. The number of carboxylic acid groups (broad SMARTS) is 1. The van der Waals surface area contributed by atoms with E-state index >= 15 is 0 Å². The number of carboxylic acids is 1. The van der Waals surface area contributed by atoms with Crippen LogP contribution in [0.5, 0.6) is 5.75 Å². The number of rotatable bonds is 7. The van der Waals surface area contributed by atoms with E-state index in [2.05, 4.69) is 0 Å². The Morgan fingerprint density at radius 2 is 1.89 bits per heavy atom. The summed E-state index contributed by atoms with van der Waals surface area (Å²) in [7, 11) is -0.563. The predicted octanol–water partition coefficient (Wildman–Crippen LogP) is 0.931. The summed E-state index contributed by atoms with van der Waals surface area (Å²) in [6, 6.07) is 7.02. The maximum atomic E-state index is 11.8. The van der Waals surface area contributed by atoms with Crippen molar-refractivity contribution in [1.29, 1.82) is 0 Å². The average molecular weight is 287 g/mol. The molecule has 1 aromatic rings. The molecule has 0 saturated heterocycles. The molecule has 0 aliphatic carbocycles. The molecule has 1 rings (SSSR count). The number of sulfonamides is 1. The second kappa shape index (κ2) is 6.53. The highest BCUT2D eigenvalue weighted by Crippen LogP contribution is 2.14. The van der Waals surface area contributed by atoms with Crippen LogP contribution in [0.4, 0.5) is 0 Å². The maximum Gasteiger partial charge on any atom is 0.304 e. The summed E-state index contributed by atoms with van der Waals surface area (Å²) >= 11 is 0. The number of carbonyl (C=O) groups is 1. The van der Waals surface area contributed by atoms with Crippen molar-refractivity contribution < 1.29 is 23.1 Å². The molecule has 0 unspecified atom stereocenters. The molecule has 0 amide bonds. The van der Waals surface area contributed by atoms with Crippen LogP contribution < -0.4 is 4.74 Å². The van der Waals surface area contributed by atoms with Crippen LogP contribution in [0.25, 0.3) is 0 Å². The Hall–Kier alpha value is -1.60. The highest BCUT2D eigenvalue weighted by molar-refractivity contribution is 7.89. The lowest BCUT2D eigenvalue weighted by molar-refractivity contribution is -0.136. The Balaban J connectivity index is 2.66. The molecule has 0 bridgehead atoms. The van der Waals surface area contributed by atoms with Gasteiger partial charge in [0, 0.05) is 13.6 Å². The first kappa shape index (κ1) is 15.5. The second-order valence-corrected chi connectivity index (χ2v) is 6.26. The maximum absolute atomic E-state index is 11.8. The Labute approximate surface area is 112 Å². The van der Waals surface area contributed by atoms with Crippen LogP contribution in [0.15, 0.2) is 24.3 Å². The van der Waals surface area contributed by atoms with Gasteiger partial charge >= 0.3 is 5.97 Å². The largest absolute Gasteiger partial charge is 0.497 e. The Kier molecular flexibility index (Phi) is 5.31. The quantitative estimate of drug-likeness (QED) is 0.806. The summed E-state index contributed by atoms with van der Waals surface area (Å²) in [6.45, 7) is 0.200. The van der Waals surface area contributed by atoms with Gasteiger partial charge in [-0.25, -0.2) is 12.7 Å². The molecule has 19 heavy (non-hydrogen) atoms. The Morgan fingerprint density at radius 1 is 1.32 bits per heavy atom. The monoisotopic (exact) mass is 287 g/mol. The molecular formula is C12H17NO5S. The van der Waals surface area contributed by atoms with Gasteiger partial charge < -0.3 is 9.84 Å². The summed E-state index contributed by atoms with van der Waals surface area (Å²) < 4.78 is 29.8. The Bertz CT molecular complexity index is 524. The first-order valence-corrected chi connectivity index (χ1v) is 7.25. The van der Waals surface area contributed by atoms with Gasteiger partial charge in [-0.1, -0.05) is 12.1 Å². The molecule has 0 saturated carbocycles. The van der Waals surface area contributed by atoms with E-state index in [4.69, 9.17) is 9.84 Å². The molecule has 0 aliphatic rings. The van der Waals surface area contributed by atoms with Crippen molar-refractivity contribution in [3.63, 3.8) is 0 Å². The Morgan fingerprint density at radius 3 is 2.37 bits per heavy atom. The van der Waals surface area contributed by atoms with E-state index in [-0.39, 0.29) is 6.54 Å². The van der Waals surface area contributed by atoms with E-state index in [1.54, 1.807) is 31.4 Å². The fraction of sp³-hybridized carbons (Fsp3) is 0.417. The third kappa shape index (κ3) is 4.88. The molecule has 0 radical (unpaired) electrons. The van der Waals surface area contributed by atoms with Gasteiger partial charge in [-0.3, -0.25) is 4.79 Å². The summed E-state index contributed by atoms with van der Waals surface area (Å²) in [6.07, 6.45) is -0.394. The standard InChI is InChI=1S/C12H17NO5S/c1-13(19(16,17)8-7-12(14)15)9-10-3-5-11(18-2)6-4-10/h3-6H,7-9H2,1-2H3,(H,14,15). The van der Waals surface area contributed by atoms with Crippen molar-refractivity contribution in [2.75, 3.05) is 19.9 Å². The van der Waals surface area contributed by atoms with Crippen molar-refractivity contribution in [2.45, 2.75) is 13.0 Å². The lowest BCUT2D eigenvalue weighted by atomic mass is 10.2. The lowest BCUT2D eigenvalue weighted by Gasteiger charge is -2.16. The van der Waals surface area contributed by atoms with Gasteiger partial charge in [-0.15, -0.1) is 0 Å². The van der Waals surface area contributed by atoms with Crippen LogP contribution in [0, 0.1) is 0 Å². The number of nitrogens with zero attached hydrogens (tertiary/aromatic N) is 1. The number of hydrogen-bond acceptors (Lipinski definition) is 4. The van der Waals surface area contributed by atoms with Crippen LogP contribution >= 0.6 is 0 Å². The highest BCUT2D eigenvalue weighted by atomic mass is 32.2. The number of methoxy groups -OCH3 is 1. The molecule has 0 aliphatic heterocycles. The van der Waals surface area contributed by atoms with Gasteiger partial charge in [0.15, 0.2) is 0 Å². The number of benzene rings is 1. The molecule has 1 aromatic carbocycles. The fourth-order valence-electron chi connectivity index (χ4n) is 1.46. The summed E-state index contributed by atoms with van der Waals surface area (Å²) in [5, 5.41) is 8.51. The van der Waals surface area contributed by atoms with Gasteiger partial charge in [0.05, 0.1) is 19.3 Å². The number of aliphatic carboxylic acids is 1. The summed E-state index contributed by atoms with van der Waals surface area (Å²) in [5.41, 5.74) is 0.808. The van der Waals surface area contributed by atoms with E-state index in [1.807, 2.05) is 0 Å². The van der Waals surface area contributed by atoms with Gasteiger partial charge in [-0.2, -0.15) is 0 Å². The normalized spacial score (nSPS) is 11.5. The van der Waals surface area contributed by atoms with Gasteiger partial charge in [0.25, 0.3) is 0 Å². The minimum atomic E-state index is -3.55. The van der Waals surface area contributed by atoms with Crippen molar-refractivity contribution in [1.82, 2.24) is 4.31 Å². The van der Waals surface area contributed by atoms with Gasteiger partial charge in [0.1, 0.15) is 5.75 Å². The molecule has 7 heteroatoms. The van der Waals surface area contributed by atoms with Crippen molar-refractivity contribution in [2.24, 2.45) is 0 Å². The van der Waals surface area contributed by atoms with E-state index < -0.39 is 28.2 Å². The molecule has 6 nitrogen and oxygen atoms in total. The molecule has 0 fully saturated rings. The van der Waals surface area contributed by atoms with Crippen LogP contribution in [-0.2, 0) is 21.4 Å². The molecule has 0 atom stereocenters. The SMILES string of the molecule is COc1ccc(CN(C)S(=O)(=O)CCC(=O)O)cc1. The number of hydrogen-bond donors (Lipinski definition) is 1. The zero-order valence-corrected chi connectivity index (χ0v) is 11.7. The second-order valence-electron chi connectivity index (χ2n) is 4.06. The van der Waals surface area contributed by atoms with Crippen molar-refractivity contribution in [3.8, 4) is 5.75 Å². The minimum Gasteiger partial charge on any atom is -0.497 e. The summed E-state index contributed by atoms with van der Waals surface area (Å²) in [4.78, 5) is 10.4. The van der Waals surface area contributed by atoms with E-state index in [9.17, 15) is 13.2 Å². The topological polar surface area (TPSA) is 83.9 Å². The number of ether oxygens (including phenoxy) is 1. The molecule has 1 N–H and O–H groups in total. The van der Waals surface area contributed by atoms with E-state index in [0.29, 0.717) is 5.75 Å². The molecular weight excluding hydrogens is 270 g/mol. The van der Waals surface area contributed by atoms with Crippen LogP contribution in [0.1, 0.15) is 12.0 Å². The molecule has 0 heterocycles. The van der Waals surface area contributed by atoms with Crippen LogP contribution in [0.3, 0.4) is 0 Å². The van der Waals surface area contributed by atoms with Crippen LogP contribution in [-0.4, -0.2) is 43.7 Å². The fourth-order valence-corrected chi connectivity index (χ4v) is 2.55. The first-order valence-electron chi connectivity index (χ1n) is 5.64. The molecule has 106 valence electrons. The van der Waals surface area contributed by atoms with Gasteiger partial charge in [-0.05, 0) is 17.7 Å². The summed E-state index contributed by atoms with van der Waals surface area (Å²) in [5.74, 6) is -0.823. The average Bonchev–Trinajstić information content (AvgIpc) is 2.37. The van der Waals surface area contributed by atoms with Crippen molar-refractivity contribution >= 4 is 16.0 Å².